The third-order valence-electron chi connectivity index (χ3n) is 8.45. The summed E-state index contributed by atoms with van der Waals surface area (Å²) in [5.74, 6) is -0.0373. The third-order valence-corrected chi connectivity index (χ3v) is 8.45. The van der Waals surface area contributed by atoms with Crippen molar-refractivity contribution < 1.29 is 38.4 Å². The molecule has 5 rings (SSSR count). The van der Waals surface area contributed by atoms with Gasteiger partial charge in [0, 0.05) is 31.2 Å². The summed E-state index contributed by atoms with van der Waals surface area (Å²) in [4.78, 5) is 30.8. The summed E-state index contributed by atoms with van der Waals surface area (Å²) in [6, 6.07) is 17.8. The van der Waals surface area contributed by atoms with Gasteiger partial charge in [0.1, 0.15) is 6.61 Å². The number of carbonyl (C=O) groups excluding carboxylic acids is 1. The minimum atomic E-state index is -0.987. The van der Waals surface area contributed by atoms with E-state index in [0.29, 0.717) is 48.4 Å². The van der Waals surface area contributed by atoms with E-state index in [1.807, 2.05) is 41.3 Å². The van der Waals surface area contributed by atoms with Crippen LogP contribution in [0.4, 0.5) is 5.69 Å². The summed E-state index contributed by atoms with van der Waals surface area (Å²) in [6.45, 7) is 3.35. The van der Waals surface area contributed by atoms with Crippen LogP contribution >= 0.6 is 0 Å². The van der Waals surface area contributed by atoms with Crippen molar-refractivity contribution in [3.63, 3.8) is 0 Å². The number of ether oxygens (including phenoxy) is 5. The average Bonchev–Trinajstić information content (AvgIpc) is 3.68. The van der Waals surface area contributed by atoms with Gasteiger partial charge in [-0.15, -0.1) is 0 Å². The van der Waals surface area contributed by atoms with Crippen LogP contribution in [0.3, 0.4) is 0 Å². The van der Waals surface area contributed by atoms with Gasteiger partial charge in [-0.2, -0.15) is 0 Å². The van der Waals surface area contributed by atoms with E-state index in [-0.39, 0.29) is 25.9 Å². The van der Waals surface area contributed by atoms with Crippen LogP contribution in [0.5, 0.6) is 28.7 Å². The number of para-hydroxylation sites is 2. The van der Waals surface area contributed by atoms with Gasteiger partial charge in [0.05, 0.1) is 32.7 Å². The lowest BCUT2D eigenvalue weighted by Gasteiger charge is -2.30. The number of likely N-dealkylation sites (tertiary alicyclic amines) is 1. The predicted octanol–water partition coefficient (Wildman–Crippen LogP) is 4.27. The first-order valence-electron chi connectivity index (χ1n) is 15.2. The van der Waals surface area contributed by atoms with Crippen molar-refractivity contribution in [1.29, 1.82) is 0 Å². The van der Waals surface area contributed by atoms with Gasteiger partial charge >= 0.3 is 5.97 Å². The van der Waals surface area contributed by atoms with Crippen molar-refractivity contribution in [1.82, 2.24) is 4.90 Å². The number of benzene rings is 3. The van der Waals surface area contributed by atoms with Gasteiger partial charge in [0.2, 0.25) is 18.4 Å². The van der Waals surface area contributed by atoms with Crippen molar-refractivity contribution in [2.75, 3.05) is 52.2 Å². The molecule has 3 aromatic rings. The number of methoxy groups -OCH3 is 2. The van der Waals surface area contributed by atoms with E-state index in [0.717, 1.165) is 29.7 Å². The van der Waals surface area contributed by atoms with E-state index < -0.39 is 23.8 Å². The molecule has 240 valence electrons. The van der Waals surface area contributed by atoms with Crippen molar-refractivity contribution >= 4 is 17.6 Å². The number of unbranched alkanes of at least 4 members (excludes halogenated alkanes) is 1. The minimum absolute atomic E-state index is 0.00150. The Morgan fingerprint density at radius 1 is 1.02 bits per heavy atom. The smallest absolute Gasteiger partial charge is 0.308 e. The molecule has 0 radical (unpaired) electrons. The maximum absolute atomic E-state index is 14.1. The first-order valence-corrected chi connectivity index (χ1v) is 15.2. The maximum atomic E-state index is 14.1. The molecule has 0 aromatic heterocycles. The summed E-state index contributed by atoms with van der Waals surface area (Å²) in [5, 5.41) is 10.6. The molecule has 11 nitrogen and oxygen atoms in total. The van der Waals surface area contributed by atoms with Gasteiger partial charge in [-0.05, 0) is 53.9 Å². The van der Waals surface area contributed by atoms with E-state index in [2.05, 4.69) is 6.92 Å². The lowest BCUT2D eigenvalue weighted by molar-refractivity contribution is -0.143. The Labute approximate surface area is 263 Å². The Kier molecular flexibility index (Phi) is 10.3. The number of aliphatic carboxylic acids is 1. The molecular weight excluding hydrogens is 578 g/mol. The quantitative estimate of drug-likeness (QED) is 0.270. The number of carboxylic acids is 1. The van der Waals surface area contributed by atoms with E-state index in [1.165, 1.54) is 7.11 Å². The van der Waals surface area contributed by atoms with Crippen LogP contribution in [0.25, 0.3) is 0 Å². The second kappa shape index (κ2) is 14.5. The first-order chi connectivity index (χ1) is 21.9. The fourth-order valence-corrected chi connectivity index (χ4v) is 6.14. The number of rotatable bonds is 14. The van der Waals surface area contributed by atoms with Gasteiger partial charge < -0.3 is 39.4 Å². The number of carbonyl (C=O) groups is 2. The number of hydrogen-bond donors (Lipinski definition) is 2. The van der Waals surface area contributed by atoms with Crippen molar-refractivity contribution in [2.24, 2.45) is 11.7 Å². The molecule has 1 fully saturated rings. The Morgan fingerprint density at radius 3 is 2.51 bits per heavy atom. The Morgan fingerprint density at radius 2 is 1.80 bits per heavy atom. The minimum Gasteiger partial charge on any atom is -0.493 e. The highest BCUT2D eigenvalue weighted by Crippen LogP contribution is 2.47. The fourth-order valence-electron chi connectivity index (χ4n) is 6.14. The molecule has 3 N–H and O–H groups in total. The molecule has 3 aromatic carbocycles. The molecule has 11 heteroatoms. The first kappa shape index (κ1) is 31.9. The van der Waals surface area contributed by atoms with Crippen molar-refractivity contribution in [2.45, 2.75) is 38.3 Å². The molecule has 3 atom stereocenters. The fraction of sp³-hybridized carbons (Fsp3) is 0.412. The second-order valence-electron chi connectivity index (χ2n) is 11.2. The highest BCUT2D eigenvalue weighted by molar-refractivity contribution is 5.95. The summed E-state index contributed by atoms with van der Waals surface area (Å²) in [5.41, 5.74) is 8.31. The number of nitrogens with two attached hydrogens (primary N) is 1. The molecular formula is C34H41N3O8. The van der Waals surface area contributed by atoms with Crippen molar-refractivity contribution in [3.05, 3.63) is 71.8 Å². The molecule has 45 heavy (non-hydrogen) atoms. The highest BCUT2D eigenvalue weighted by Gasteiger charge is 2.48. The molecule has 0 bridgehead atoms. The summed E-state index contributed by atoms with van der Waals surface area (Å²) in [6.07, 6.45) is 1.73. The SMILES string of the molecule is CCCCN(C(=O)CN1C[C@H](c2cc(OC)c3c(c2)OCO3)C(C(=O)O)[C@@H]1COc1ccccc1OC)c1cccc(CN)c1. The zero-order valence-corrected chi connectivity index (χ0v) is 25.9. The van der Waals surface area contributed by atoms with Gasteiger partial charge in [-0.3, -0.25) is 14.5 Å². The van der Waals surface area contributed by atoms with Gasteiger partial charge in [-0.1, -0.05) is 37.6 Å². The number of carboxylic acid groups (broad SMARTS) is 1. The lowest BCUT2D eigenvalue weighted by atomic mass is 9.85. The molecule has 0 spiro atoms. The van der Waals surface area contributed by atoms with Gasteiger partial charge in [0.15, 0.2) is 23.0 Å². The van der Waals surface area contributed by atoms with E-state index in [1.54, 1.807) is 36.3 Å². The second-order valence-corrected chi connectivity index (χ2v) is 11.2. The maximum Gasteiger partial charge on any atom is 0.308 e. The topological polar surface area (TPSA) is 133 Å². The highest BCUT2D eigenvalue weighted by atomic mass is 16.7. The Balaban J connectivity index is 1.49. The zero-order valence-electron chi connectivity index (χ0n) is 25.9. The van der Waals surface area contributed by atoms with Crippen LogP contribution in [0.2, 0.25) is 0 Å². The van der Waals surface area contributed by atoms with Crippen LogP contribution < -0.4 is 34.3 Å². The molecule has 1 unspecified atom stereocenters. The van der Waals surface area contributed by atoms with Crippen molar-refractivity contribution in [3.8, 4) is 28.7 Å². The summed E-state index contributed by atoms with van der Waals surface area (Å²) >= 11 is 0. The molecule has 2 aliphatic heterocycles. The molecule has 2 heterocycles. The monoisotopic (exact) mass is 619 g/mol. The number of amides is 1. The van der Waals surface area contributed by atoms with Crippen LogP contribution in [-0.2, 0) is 16.1 Å². The van der Waals surface area contributed by atoms with E-state index in [4.69, 9.17) is 29.4 Å². The largest absolute Gasteiger partial charge is 0.493 e. The number of anilines is 1. The molecule has 1 amide bonds. The van der Waals surface area contributed by atoms with Crippen LogP contribution in [0.15, 0.2) is 60.7 Å². The molecule has 0 saturated carbocycles. The normalized spacial score (nSPS) is 18.9. The van der Waals surface area contributed by atoms with Crippen LogP contribution in [-0.4, -0.2) is 75.2 Å². The number of fused-ring (bicyclic) bond motifs is 1. The van der Waals surface area contributed by atoms with E-state index >= 15 is 0 Å². The van der Waals surface area contributed by atoms with Gasteiger partial charge in [-0.25, -0.2) is 0 Å². The number of nitrogens with zero attached hydrogens (tertiary/aromatic N) is 2. The third kappa shape index (κ3) is 6.94. The summed E-state index contributed by atoms with van der Waals surface area (Å²) < 4.78 is 28.5. The molecule has 1 saturated heterocycles. The number of hydrogen-bond acceptors (Lipinski definition) is 9. The standard InChI is InChI=1S/C34H41N3O8/c1-4-5-13-37(24-10-8-9-22(14-24)17-35)31(38)19-36-18-25(23-15-29(42-3)33-30(16-23)44-21-45-33)32(34(39)40)26(36)20-43-28-12-7-6-11-27(28)41-2/h6-12,14-16,25-26,32H,4-5,13,17-21,35H2,1-3H3,(H,39,40)/t25-,26+,32?/m1/s1. The lowest BCUT2D eigenvalue weighted by Crippen LogP contribution is -2.46. The average molecular weight is 620 g/mol. The molecule has 2 aliphatic rings. The van der Waals surface area contributed by atoms with Crippen LogP contribution in [0.1, 0.15) is 36.8 Å². The Bertz CT molecular complexity index is 1500. The molecule has 0 aliphatic carbocycles. The zero-order chi connectivity index (χ0) is 31.9. The summed E-state index contributed by atoms with van der Waals surface area (Å²) in [7, 11) is 3.08. The predicted molar refractivity (Wildman–Crippen MR) is 168 cm³/mol. The van der Waals surface area contributed by atoms with Gasteiger partial charge in [0.25, 0.3) is 0 Å². The van der Waals surface area contributed by atoms with E-state index in [9.17, 15) is 14.7 Å². The Hall–Kier alpha value is -4.48. The van der Waals surface area contributed by atoms with Crippen LogP contribution in [0, 0.1) is 5.92 Å².